The number of hydrazone groups is 1. The SMILES string of the molecule is CC1(c2ccccc2)CN(C(=O)N(Sc2ccccc2[N+](=O)[O-])c2ccc(Br)cc2)N=C1c1ccc(C(F)(F)F)c(Cl)c1. The van der Waals surface area contributed by atoms with Crippen molar-refractivity contribution < 1.29 is 22.9 Å². The van der Waals surface area contributed by atoms with E-state index in [-0.39, 0.29) is 17.1 Å². The number of carbonyl (C=O) groups excluding carboxylic acids is 1. The lowest BCUT2D eigenvalue weighted by atomic mass is 9.76. The molecule has 1 heterocycles. The zero-order valence-corrected chi connectivity index (χ0v) is 25.4. The molecule has 1 unspecified atom stereocenters. The van der Waals surface area contributed by atoms with Gasteiger partial charge in [-0.1, -0.05) is 76.1 Å². The van der Waals surface area contributed by atoms with E-state index in [1.54, 1.807) is 36.4 Å². The van der Waals surface area contributed by atoms with Crippen LogP contribution in [0.4, 0.5) is 29.3 Å². The first-order chi connectivity index (χ1) is 20.4. The average molecular weight is 690 g/mol. The number of nitro groups is 1. The molecule has 7 nitrogen and oxygen atoms in total. The molecule has 2 amide bonds. The van der Waals surface area contributed by atoms with Crippen molar-refractivity contribution in [3.05, 3.63) is 133 Å². The van der Waals surface area contributed by atoms with Crippen LogP contribution in [0.15, 0.2) is 112 Å². The van der Waals surface area contributed by atoms with Gasteiger partial charge in [-0.05, 0) is 55.0 Å². The van der Waals surface area contributed by atoms with Crippen LogP contribution >= 0.6 is 39.5 Å². The third-order valence-corrected chi connectivity index (χ3v) is 8.81. The molecule has 0 fully saturated rings. The molecule has 1 aliphatic rings. The van der Waals surface area contributed by atoms with Gasteiger partial charge in [0.25, 0.3) is 5.69 Å². The van der Waals surface area contributed by atoms with Gasteiger partial charge in [0.05, 0.1) is 38.9 Å². The van der Waals surface area contributed by atoms with Gasteiger partial charge in [0.15, 0.2) is 0 Å². The van der Waals surface area contributed by atoms with Gasteiger partial charge in [0.1, 0.15) is 4.90 Å². The van der Waals surface area contributed by atoms with E-state index in [4.69, 9.17) is 11.6 Å². The minimum Gasteiger partial charge on any atom is -0.258 e. The highest BCUT2D eigenvalue weighted by Crippen LogP contribution is 2.41. The molecule has 1 aliphatic heterocycles. The molecule has 4 aromatic rings. The van der Waals surface area contributed by atoms with Crippen LogP contribution in [0.1, 0.15) is 23.6 Å². The zero-order chi connectivity index (χ0) is 30.9. The molecule has 0 saturated carbocycles. The summed E-state index contributed by atoms with van der Waals surface area (Å²) in [6, 6.07) is 24.8. The highest BCUT2D eigenvalue weighted by atomic mass is 79.9. The zero-order valence-electron chi connectivity index (χ0n) is 22.3. The predicted octanol–water partition coefficient (Wildman–Crippen LogP) is 9.34. The summed E-state index contributed by atoms with van der Waals surface area (Å²) in [5.74, 6) is 0. The van der Waals surface area contributed by atoms with Crippen molar-refractivity contribution in [2.24, 2.45) is 5.10 Å². The van der Waals surface area contributed by atoms with E-state index in [0.29, 0.717) is 17.0 Å². The monoisotopic (exact) mass is 688 g/mol. The molecular weight excluding hydrogens is 669 g/mol. The summed E-state index contributed by atoms with van der Waals surface area (Å²) in [5, 5.41) is 17.1. The Morgan fingerprint density at radius 2 is 1.70 bits per heavy atom. The lowest BCUT2D eigenvalue weighted by molar-refractivity contribution is -0.387. The summed E-state index contributed by atoms with van der Waals surface area (Å²) in [5.41, 5.74) is -0.222. The predicted molar refractivity (Wildman–Crippen MR) is 164 cm³/mol. The second kappa shape index (κ2) is 12.0. The highest BCUT2D eigenvalue weighted by Gasteiger charge is 2.45. The van der Waals surface area contributed by atoms with Gasteiger partial charge in [0.2, 0.25) is 0 Å². The first-order valence-electron chi connectivity index (χ1n) is 12.7. The number of amides is 2. The van der Waals surface area contributed by atoms with E-state index >= 15 is 0 Å². The van der Waals surface area contributed by atoms with E-state index in [1.165, 1.54) is 33.6 Å². The fourth-order valence-corrected chi connectivity index (χ4v) is 6.24. The van der Waals surface area contributed by atoms with Gasteiger partial charge in [-0.15, -0.1) is 0 Å². The molecule has 5 rings (SSSR count). The summed E-state index contributed by atoms with van der Waals surface area (Å²) in [7, 11) is 0. The van der Waals surface area contributed by atoms with E-state index in [2.05, 4.69) is 21.0 Å². The van der Waals surface area contributed by atoms with Crippen molar-refractivity contribution in [3.63, 3.8) is 0 Å². The molecule has 0 saturated heterocycles. The number of alkyl halides is 3. The Labute approximate surface area is 262 Å². The molecular formula is C30H21BrClF3N4O3S. The van der Waals surface area contributed by atoms with Gasteiger partial charge in [-0.2, -0.15) is 18.3 Å². The van der Waals surface area contributed by atoms with Gasteiger partial charge in [-0.25, -0.2) is 14.1 Å². The number of rotatable bonds is 6. The average Bonchev–Trinajstić information content (AvgIpc) is 3.34. The Morgan fingerprint density at radius 1 is 1.05 bits per heavy atom. The molecule has 0 radical (unpaired) electrons. The van der Waals surface area contributed by atoms with Gasteiger partial charge in [-0.3, -0.25) is 10.1 Å². The van der Waals surface area contributed by atoms with Gasteiger partial charge < -0.3 is 0 Å². The van der Waals surface area contributed by atoms with E-state index < -0.39 is 33.1 Å². The minimum absolute atomic E-state index is 0.0360. The summed E-state index contributed by atoms with van der Waals surface area (Å²) in [6.07, 6.45) is -4.64. The van der Waals surface area contributed by atoms with Crippen LogP contribution < -0.4 is 4.31 Å². The number of urea groups is 1. The number of halogens is 5. The summed E-state index contributed by atoms with van der Waals surface area (Å²) in [4.78, 5) is 25.7. The number of hydrogen-bond donors (Lipinski definition) is 0. The first kappa shape index (κ1) is 30.6. The number of nitrogens with zero attached hydrogens (tertiary/aromatic N) is 4. The fourth-order valence-electron chi connectivity index (χ4n) is 4.72. The van der Waals surface area contributed by atoms with E-state index in [9.17, 15) is 28.1 Å². The largest absolute Gasteiger partial charge is 0.417 e. The van der Waals surface area contributed by atoms with Crippen LogP contribution in [0.2, 0.25) is 5.02 Å². The number of benzene rings is 4. The van der Waals surface area contributed by atoms with Crippen LogP contribution in [0.5, 0.6) is 0 Å². The smallest absolute Gasteiger partial charge is 0.258 e. The Hall–Kier alpha value is -3.87. The molecule has 43 heavy (non-hydrogen) atoms. The fraction of sp³-hybridized carbons (Fsp3) is 0.133. The lowest BCUT2D eigenvalue weighted by Crippen LogP contribution is -2.41. The van der Waals surface area contributed by atoms with Crippen molar-refractivity contribution in [2.75, 3.05) is 10.8 Å². The van der Waals surface area contributed by atoms with Crippen molar-refractivity contribution in [1.82, 2.24) is 5.01 Å². The summed E-state index contributed by atoms with van der Waals surface area (Å²) >= 11 is 10.3. The molecule has 0 spiro atoms. The maximum absolute atomic E-state index is 14.2. The van der Waals surface area contributed by atoms with E-state index in [0.717, 1.165) is 28.1 Å². The van der Waals surface area contributed by atoms with Crippen LogP contribution in [-0.4, -0.2) is 28.2 Å². The number of anilines is 1. The third kappa shape index (κ3) is 6.27. The second-order valence-electron chi connectivity index (χ2n) is 9.77. The van der Waals surface area contributed by atoms with Crippen molar-refractivity contribution >= 4 is 62.6 Å². The molecule has 1 atom stereocenters. The summed E-state index contributed by atoms with van der Waals surface area (Å²) in [6.45, 7) is 1.88. The van der Waals surface area contributed by atoms with Gasteiger partial charge in [0, 0.05) is 28.1 Å². The number of nitro benzene ring substituents is 1. The van der Waals surface area contributed by atoms with Crippen molar-refractivity contribution in [2.45, 2.75) is 23.4 Å². The summed E-state index contributed by atoms with van der Waals surface area (Å²) < 4.78 is 42.4. The molecule has 13 heteroatoms. The minimum atomic E-state index is -4.64. The molecule has 0 bridgehead atoms. The molecule has 220 valence electrons. The number of hydrogen-bond acceptors (Lipinski definition) is 5. The molecule has 0 aromatic heterocycles. The Kier molecular flexibility index (Phi) is 8.55. The third-order valence-electron chi connectivity index (χ3n) is 6.88. The van der Waals surface area contributed by atoms with Crippen molar-refractivity contribution in [1.29, 1.82) is 0 Å². The highest BCUT2D eigenvalue weighted by molar-refractivity contribution is 9.10. The van der Waals surface area contributed by atoms with Crippen LogP contribution in [-0.2, 0) is 11.6 Å². The standard InChI is InChI=1S/C30H21BrClF3N4O3S/c1-29(20-7-3-2-4-8-20)18-37(36-27(29)19-11-16-23(24(32)17-19)30(33,34)35)28(40)38(22-14-12-21(31)13-15-22)43-26-10-6-5-9-25(26)39(41)42/h2-17H,18H2,1H3. The second-order valence-corrected chi connectivity index (χ2v) is 12.1. The quantitative estimate of drug-likeness (QED) is 0.115. The topological polar surface area (TPSA) is 79.0 Å². The van der Waals surface area contributed by atoms with Crippen LogP contribution in [0.3, 0.4) is 0 Å². The maximum Gasteiger partial charge on any atom is 0.417 e. The normalized spacial score (nSPS) is 16.6. The first-order valence-corrected chi connectivity index (χ1v) is 14.6. The Morgan fingerprint density at radius 3 is 2.33 bits per heavy atom. The van der Waals surface area contributed by atoms with E-state index in [1.807, 2.05) is 37.3 Å². The number of carbonyl (C=O) groups is 1. The Balaban J connectivity index is 1.60. The Bertz CT molecular complexity index is 1720. The maximum atomic E-state index is 14.2. The molecule has 0 N–H and O–H groups in total. The number of para-hydroxylation sites is 1. The molecule has 0 aliphatic carbocycles. The van der Waals surface area contributed by atoms with Gasteiger partial charge >= 0.3 is 12.2 Å². The molecule has 4 aromatic carbocycles. The van der Waals surface area contributed by atoms with Crippen molar-refractivity contribution in [3.8, 4) is 0 Å². The van der Waals surface area contributed by atoms with Crippen LogP contribution in [0, 0.1) is 10.1 Å². The van der Waals surface area contributed by atoms with Crippen LogP contribution in [0.25, 0.3) is 0 Å². The lowest BCUT2D eigenvalue weighted by Gasteiger charge is -2.29.